The molecule has 6 heteroatoms. The van der Waals surface area contributed by atoms with E-state index in [4.69, 9.17) is 9.72 Å². The number of para-hydroxylation sites is 1. The Balaban J connectivity index is 1.63. The van der Waals surface area contributed by atoms with Crippen molar-refractivity contribution in [3.8, 4) is 5.75 Å². The molecule has 2 bridgehead atoms. The predicted octanol–water partition coefficient (Wildman–Crippen LogP) is 2.13. The quantitative estimate of drug-likeness (QED) is 0.853. The molecule has 2 fully saturated rings. The van der Waals surface area contributed by atoms with Crippen LogP contribution >= 0.6 is 0 Å². The minimum atomic E-state index is 0.146. The van der Waals surface area contributed by atoms with Crippen molar-refractivity contribution in [3.63, 3.8) is 0 Å². The normalized spacial score (nSPS) is 24.0. The van der Waals surface area contributed by atoms with Gasteiger partial charge in [0, 0.05) is 37.0 Å². The molecule has 0 saturated carbocycles. The molecule has 0 aliphatic carbocycles. The van der Waals surface area contributed by atoms with E-state index in [0.29, 0.717) is 25.6 Å². The molecule has 6 nitrogen and oxygen atoms in total. The molecular weight excluding hydrogens is 328 g/mol. The molecule has 5 rings (SSSR count). The monoisotopic (exact) mass is 350 g/mol. The van der Waals surface area contributed by atoms with E-state index in [1.807, 2.05) is 25.1 Å². The smallest absolute Gasteiger partial charge is 0.222 e. The number of fused-ring (bicyclic) bond motifs is 4. The van der Waals surface area contributed by atoms with Gasteiger partial charge in [-0.2, -0.15) is 0 Å². The van der Waals surface area contributed by atoms with Crippen LogP contribution in [-0.2, 0) is 17.8 Å². The Morgan fingerprint density at radius 2 is 2.04 bits per heavy atom. The second kappa shape index (κ2) is 5.97. The summed E-state index contributed by atoms with van der Waals surface area (Å²) in [5, 5.41) is 3.05. The molecule has 2 aromatic rings. The summed E-state index contributed by atoms with van der Waals surface area (Å²) in [5.41, 5.74) is 3.27. The molecular formula is C20H22N4O2. The number of nitrogens with one attached hydrogen (secondary N) is 1. The minimum absolute atomic E-state index is 0.146. The summed E-state index contributed by atoms with van der Waals surface area (Å²) in [5.74, 6) is 2.82. The van der Waals surface area contributed by atoms with Gasteiger partial charge in [-0.1, -0.05) is 18.2 Å². The number of carbonyl (C=O) groups excluding carboxylic acids is 1. The van der Waals surface area contributed by atoms with E-state index in [9.17, 15) is 4.79 Å². The molecule has 26 heavy (non-hydrogen) atoms. The first kappa shape index (κ1) is 15.6. The summed E-state index contributed by atoms with van der Waals surface area (Å²) in [6.07, 6.45) is 3.44. The zero-order chi connectivity index (χ0) is 17.7. The number of hydrogen-bond donors (Lipinski definition) is 1. The Labute approximate surface area is 152 Å². The van der Waals surface area contributed by atoms with Gasteiger partial charge in [0.1, 0.15) is 24.0 Å². The van der Waals surface area contributed by atoms with Crippen LogP contribution in [0.25, 0.3) is 0 Å². The lowest BCUT2D eigenvalue weighted by molar-refractivity contribution is -0.121. The summed E-state index contributed by atoms with van der Waals surface area (Å²) in [4.78, 5) is 24.0. The van der Waals surface area contributed by atoms with E-state index < -0.39 is 0 Å². The number of hydrogen-bond acceptors (Lipinski definition) is 5. The third kappa shape index (κ3) is 2.52. The Kier molecular flexibility index (Phi) is 3.58. The van der Waals surface area contributed by atoms with E-state index in [1.165, 1.54) is 0 Å². The van der Waals surface area contributed by atoms with E-state index in [2.05, 4.69) is 21.3 Å². The molecule has 3 aliphatic rings. The highest BCUT2D eigenvalue weighted by Crippen LogP contribution is 2.38. The lowest BCUT2D eigenvalue weighted by atomic mass is 10.0. The van der Waals surface area contributed by atoms with Gasteiger partial charge in [0.2, 0.25) is 5.91 Å². The van der Waals surface area contributed by atoms with Gasteiger partial charge < -0.3 is 15.0 Å². The topological polar surface area (TPSA) is 67.4 Å². The molecule has 1 amide bonds. The molecule has 3 aliphatic heterocycles. The molecule has 0 radical (unpaired) electrons. The summed E-state index contributed by atoms with van der Waals surface area (Å²) in [6, 6.07) is 8.69. The number of amides is 1. The van der Waals surface area contributed by atoms with E-state index >= 15 is 0 Å². The van der Waals surface area contributed by atoms with Crippen LogP contribution < -0.4 is 15.0 Å². The SMILES string of the molecule is Cc1nc2c(c(N3[C@@H]4CC[C@H]3CNC(=O)C4)n1)Cc1ccccc1OC2. The van der Waals surface area contributed by atoms with E-state index in [-0.39, 0.29) is 11.9 Å². The number of nitrogens with zero attached hydrogens (tertiary/aromatic N) is 3. The first-order chi connectivity index (χ1) is 12.7. The lowest BCUT2D eigenvalue weighted by Crippen LogP contribution is -2.39. The lowest BCUT2D eigenvalue weighted by Gasteiger charge is -2.31. The number of aryl methyl sites for hydroxylation is 1. The van der Waals surface area contributed by atoms with E-state index in [1.54, 1.807) is 0 Å². The van der Waals surface area contributed by atoms with Gasteiger partial charge in [-0.25, -0.2) is 9.97 Å². The van der Waals surface area contributed by atoms with Gasteiger partial charge in [0.15, 0.2) is 0 Å². The number of ether oxygens (including phenoxy) is 1. The number of carbonyl (C=O) groups is 1. The van der Waals surface area contributed by atoms with Crippen molar-refractivity contribution in [1.29, 1.82) is 0 Å². The van der Waals surface area contributed by atoms with Gasteiger partial charge in [-0.3, -0.25) is 4.79 Å². The van der Waals surface area contributed by atoms with Gasteiger partial charge in [-0.15, -0.1) is 0 Å². The first-order valence-electron chi connectivity index (χ1n) is 9.31. The minimum Gasteiger partial charge on any atom is -0.487 e. The average molecular weight is 350 g/mol. The standard InChI is InChI=1S/C20H22N4O2/c1-12-22-17-11-26-18-5-3-2-4-13(18)8-16(17)20(23-12)24-14-6-7-15(24)10-21-19(25)9-14/h2-5,14-15H,6-11H2,1H3,(H,21,25)/t14-,15+/m1/s1. The van der Waals surface area contributed by atoms with Crippen LogP contribution in [-0.4, -0.2) is 34.5 Å². The fraction of sp³-hybridized carbons (Fsp3) is 0.450. The maximum absolute atomic E-state index is 12.0. The van der Waals surface area contributed by atoms with Crippen molar-refractivity contribution in [2.45, 2.75) is 51.3 Å². The second-order valence-electron chi connectivity index (χ2n) is 7.39. The van der Waals surface area contributed by atoms with Crippen molar-refractivity contribution in [2.24, 2.45) is 0 Å². The molecule has 0 spiro atoms. The van der Waals surface area contributed by atoms with Crippen molar-refractivity contribution in [3.05, 3.63) is 46.9 Å². The molecule has 2 saturated heterocycles. The van der Waals surface area contributed by atoms with E-state index in [0.717, 1.165) is 53.5 Å². The van der Waals surface area contributed by atoms with Crippen LogP contribution in [0, 0.1) is 6.92 Å². The summed E-state index contributed by atoms with van der Waals surface area (Å²) in [6.45, 7) is 3.09. The molecule has 1 aromatic carbocycles. The van der Waals surface area contributed by atoms with Crippen LogP contribution in [0.2, 0.25) is 0 Å². The van der Waals surface area contributed by atoms with Crippen LogP contribution in [0.5, 0.6) is 5.75 Å². The van der Waals surface area contributed by atoms with Gasteiger partial charge in [0.25, 0.3) is 0 Å². The predicted molar refractivity (Wildman–Crippen MR) is 97.3 cm³/mol. The summed E-state index contributed by atoms with van der Waals surface area (Å²) < 4.78 is 6.01. The molecule has 2 atom stereocenters. The average Bonchev–Trinajstić information content (AvgIpc) is 2.81. The van der Waals surface area contributed by atoms with Gasteiger partial charge >= 0.3 is 0 Å². The number of anilines is 1. The fourth-order valence-corrected chi connectivity index (χ4v) is 4.50. The summed E-state index contributed by atoms with van der Waals surface area (Å²) in [7, 11) is 0. The van der Waals surface area contributed by atoms with Crippen molar-refractivity contribution >= 4 is 11.7 Å². The highest BCUT2D eigenvalue weighted by Gasteiger charge is 2.40. The highest BCUT2D eigenvalue weighted by atomic mass is 16.5. The molecule has 0 unspecified atom stereocenters. The Bertz CT molecular complexity index is 882. The summed E-state index contributed by atoms with van der Waals surface area (Å²) >= 11 is 0. The third-order valence-corrected chi connectivity index (χ3v) is 5.71. The molecule has 1 N–H and O–H groups in total. The van der Waals surface area contributed by atoms with Crippen LogP contribution in [0.4, 0.5) is 5.82 Å². The number of benzene rings is 1. The van der Waals surface area contributed by atoms with Crippen LogP contribution in [0.3, 0.4) is 0 Å². The second-order valence-corrected chi connectivity index (χ2v) is 7.39. The zero-order valence-electron chi connectivity index (χ0n) is 14.9. The Morgan fingerprint density at radius 3 is 2.96 bits per heavy atom. The first-order valence-corrected chi connectivity index (χ1v) is 9.31. The molecule has 4 heterocycles. The Morgan fingerprint density at radius 1 is 1.19 bits per heavy atom. The maximum Gasteiger partial charge on any atom is 0.222 e. The van der Waals surface area contributed by atoms with Crippen molar-refractivity contribution in [1.82, 2.24) is 15.3 Å². The van der Waals surface area contributed by atoms with Crippen molar-refractivity contribution in [2.75, 3.05) is 11.4 Å². The van der Waals surface area contributed by atoms with Gasteiger partial charge in [0.05, 0.1) is 5.69 Å². The van der Waals surface area contributed by atoms with Crippen LogP contribution in [0.15, 0.2) is 24.3 Å². The fourth-order valence-electron chi connectivity index (χ4n) is 4.50. The maximum atomic E-state index is 12.0. The molecule has 134 valence electrons. The molecule has 1 aromatic heterocycles. The highest BCUT2D eigenvalue weighted by molar-refractivity contribution is 5.78. The van der Waals surface area contributed by atoms with Gasteiger partial charge in [-0.05, 0) is 31.4 Å². The van der Waals surface area contributed by atoms with Crippen LogP contribution in [0.1, 0.15) is 41.9 Å². The Hall–Kier alpha value is -2.63. The number of aromatic nitrogens is 2. The zero-order valence-corrected chi connectivity index (χ0v) is 14.9. The third-order valence-electron chi connectivity index (χ3n) is 5.71. The van der Waals surface area contributed by atoms with Crippen molar-refractivity contribution < 1.29 is 9.53 Å². The largest absolute Gasteiger partial charge is 0.487 e. The number of rotatable bonds is 1.